The van der Waals surface area contributed by atoms with Crippen LogP contribution >= 0.6 is 0 Å². The predicted molar refractivity (Wildman–Crippen MR) is 101 cm³/mol. The molecule has 0 heterocycles. The van der Waals surface area contributed by atoms with Crippen LogP contribution in [0.2, 0.25) is 0 Å². The first-order valence-corrected chi connectivity index (χ1v) is 8.08. The second-order valence-electron chi connectivity index (χ2n) is 7.17. The molecular weight excluding hydrogens is 355 g/mol. The molecule has 0 fully saturated rings. The zero-order chi connectivity index (χ0) is 17.2. The van der Waals surface area contributed by atoms with Crippen LogP contribution in [0.3, 0.4) is 0 Å². The van der Waals surface area contributed by atoms with E-state index in [-0.39, 0.29) is 26.2 Å². The van der Waals surface area contributed by atoms with E-state index in [9.17, 15) is 0 Å². The Balaban J connectivity index is 0. The molecule has 0 atom stereocenters. The van der Waals surface area contributed by atoms with Gasteiger partial charge in [0, 0.05) is 0 Å². The first-order valence-electron chi connectivity index (χ1n) is 8.08. The molecule has 0 radical (unpaired) electrons. The molecule has 0 aliphatic carbocycles. The summed E-state index contributed by atoms with van der Waals surface area (Å²) in [4.78, 5) is 0. The fraction of sp³-hybridized carbons (Fsp3) is 0.455. The maximum atomic E-state index is 2.33. The van der Waals surface area contributed by atoms with Crippen LogP contribution in [0.4, 0.5) is 0 Å². The van der Waals surface area contributed by atoms with Crippen molar-refractivity contribution in [3.63, 3.8) is 0 Å². The monoisotopic (exact) mass is 388 g/mol. The Hall–Kier alpha value is -0.417. The summed E-state index contributed by atoms with van der Waals surface area (Å²) in [6.45, 7) is 18.2. The van der Waals surface area contributed by atoms with E-state index in [2.05, 4.69) is 55.4 Å². The van der Waals surface area contributed by atoms with Crippen molar-refractivity contribution < 1.29 is 26.2 Å². The maximum Gasteiger partial charge on any atom is 4.00 e. The Morgan fingerprint density at radius 1 is 0.565 bits per heavy atom. The van der Waals surface area contributed by atoms with Crippen LogP contribution in [0.15, 0.2) is 60.7 Å². The molecule has 0 amide bonds. The molecule has 0 aromatic heterocycles. The first kappa shape index (κ1) is 24.8. The van der Waals surface area contributed by atoms with Crippen molar-refractivity contribution in [3.05, 3.63) is 72.5 Å². The fourth-order valence-corrected chi connectivity index (χ4v) is 1.89. The third-order valence-electron chi connectivity index (χ3n) is 5.17. The van der Waals surface area contributed by atoms with Crippen LogP contribution < -0.4 is 0 Å². The standard InChI is InChI=1S/C12H24.2C5H5.Zr/c1-9(2)11(5,6)12(7,8)10(3)4;2*1-2-4-5-3-1;/h1-8H3;2*1-5H;/q-2;2*-1;+4. The van der Waals surface area contributed by atoms with Crippen LogP contribution in [-0.4, -0.2) is 0 Å². The molecule has 0 saturated carbocycles. The molecule has 0 bridgehead atoms. The first-order chi connectivity index (χ1) is 10.1. The van der Waals surface area contributed by atoms with E-state index in [0.29, 0.717) is 10.8 Å². The van der Waals surface area contributed by atoms with Gasteiger partial charge in [-0.25, -0.2) is 24.3 Å². The molecule has 2 rings (SSSR count). The van der Waals surface area contributed by atoms with E-state index in [4.69, 9.17) is 0 Å². The molecule has 2 aromatic rings. The summed E-state index contributed by atoms with van der Waals surface area (Å²) in [7, 11) is 0. The van der Waals surface area contributed by atoms with Crippen LogP contribution in [0, 0.1) is 22.7 Å². The molecule has 2 aromatic carbocycles. The molecule has 0 nitrogen and oxygen atoms in total. The van der Waals surface area contributed by atoms with Crippen molar-refractivity contribution >= 4 is 0 Å². The quantitative estimate of drug-likeness (QED) is 0.492. The molecular formula is C22H34Zr. The Labute approximate surface area is 164 Å². The van der Waals surface area contributed by atoms with E-state index in [1.54, 1.807) is 0 Å². The van der Waals surface area contributed by atoms with Gasteiger partial charge in [-0.2, -0.15) is 74.9 Å². The molecule has 0 aliphatic heterocycles. The molecule has 0 N–H and O–H groups in total. The average Bonchev–Trinajstić information content (AvgIpc) is 3.16. The zero-order valence-corrected chi connectivity index (χ0v) is 18.7. The minimum Gasteiger partial charge on any atom is -0.316 e. The Bertz CT molecular complexity index is 352. The van der Waals surface area contributed by atoms with Crippen molar-refractivity contribution in [2.24, 2.45) is 10.8 Å². The van der Waals surface area contributed by atoms with E-state index in [0.717, 1.165) is 0 Å². The summed E-state index contributed by atoms with van der Waals surface area (Å²) in [6, 6.07) is 20.0. The van der Waals surface area contributed by atoms with Crippen molar-refractivity contribution in [2.75, 3.05) is 0 Å². The SMILES string of the molecule is C[C-](C)C(C)(C)C(C)(C)[C-](C)C.[Zr+4].c1cc[cH-]c1.c1cc[cH-]c1. The average molecular weight is 390 g/mol. The van der Waals surface area contributed by atoms with E-state index in [1.807, 2.05) is 60.7 Å². The summed E-state index contributed by atoms with van der Waals surface area (Å²) in [6.07, 6.45) is 0. The number of rotatable bonds is 3. The molecule has 126 valence electrons. The molecule has 0 aliphatic rings. The van der Waals surface area contributed by atoms with Crippen LogP contribution in [0.25, 0.3) is 0 Å². The second-order valence-corrected chi connectivity index (χ2v) is 7.17. The van der Waals surface area contributed by atoms with Gasteiger partial charge in [0.15, 0.2) is 0 Å². The Kier molecular flexibility index (Phi) is 13.0. The minimum absolute atomic E-state index is 0. The van der Waals surface area contributed by atoms with Crippen molar-refractivity contribution in [1.82, 2.24) is 0 Å². The van der Waals surface area contributed by atoms with Gasteiger partial charge in [0.2, 0.25) is 0 Å². The summed E-state index contributed by atoms with van der Waals surface area (Å²) in [5.74, 6) is 3.02. The van der Waals surface area contributed by atoms with Gasteiger partial charge in [-0.3, -0.25) is 0 Å². The predicted octanol–water partition coefficient (Wildman–Crippen LogP) is 7.08. The number of hydrogen-bond acceptors (Lipinski definition) is 0. The normalized spacial score (nSPS) is 11.0. The van der Waals surface area contributed by atoms with E-state index >= 15 is 0 Å². The third kappa shape index (κ3) is 8.85. The van der Waals surface area contributed by atoms with Gasteiger partial charge in [-0.15, -0.1) is 0 Å². The fourth-order valence-electron chi connectivity index (χ4n) is 1.89. The summed E-state index contributed by atoms with van der Waals surface area (Å²) in [5, 5.41) is 0. The van der Waals surface area contributed by atoms with Gasteiger partial charge >= 0.3 is 26.2 Å². The van der Waals surface area contributed by atoms with Crippen LogP contribution in [0.1, 0.15) is 55.4 Å². The minimum atomic E-state index is 0. The molecule has 0 unspecified atom stereocenters. The third-order valence-corrected chi connectivity index (χ3v) is 5.17. The van der Waals surface area contributed by atoms with Gasteiger partial charge in [0.25, 0.3) is 0 Å². The van der Waals surface area contributed by atoms with Crippen molar-refractivity contribution in [2.45, 2.75) is 55.4 Å². The van der Waals surface area contributed by atoms with Gasteiger partial charge in [-0.05, 0) is 0 Å². The van der Waals surface area contributed by atoms with Crippen LogP contribution in [-0.2, 0) is 26.2 Å². The number of hydrogen-bond donors (Lipinski definition) is 0. The summed E-state index contributed by atoms with van der Waals surface area (Å²) >= 11 is 0. The molecule has 0 saturated heterocycles. The summed E-state index contributed by atoms with van der Waals surface area (Å²) in [5.41, 5.74) is 0.595. The van der Waals surface area contributed by atoms with Gasteiger partial charge in [-0.1, -0.05) is 27.7 Å². The Morgan fingerprint density at radius 3 is 0.870 bits per heavy atom. The smallest absolute Gasteiger partial charge is 0.316 e. The topological polar surface area (TPSA) is 0 Å². The largest absolute Gasteiger partial charge is 4.00 e. The van der Waals surface area contributed by atoms with Crippen molar-refractivity contribution in [1.29, 1.82) is 0 Å². The van der Waals surface area contributed by atoms with Crippen LogP contribution in [0.5, 0.6) is 0 Å². The summed E-state index contributed by atoms with van der Waals surface area (Å²) < 4.78 is 0. The van der Waals surface area contributed by atoms with Gasteiger partial charge in [0.05, 0.1) is 0 Å². The van der Waals surface area contributed by atoms with E-state index in [1.165, 1.54) is 11.8 Å². The van der Waals surface area contributed by atoms with Gasteiger partial charge < -0.3 is 11.8 Å². The maximum absolute atomic E-state index is 2.33. The molecule has 23 heavy (non-hydrogen) atoms. The second kappa shape index (κ2) is 12.0. The molecule has 0 spiro atoms. The molecule has 1 heteroatoms. The Morgan fingerprint density at radius 2 is 0.783 bits per heavy atom. The van der Waals surface area contributed by atoms with E-state index < -0.39 is 0 Å². The van der Waals surface area contributed by atoms with Crippen molar-refractivity contribution in [3.8, 4) is 0 Å². The zero-order valence-electron chi connectivity index (χ0n) is 16.3. The van der Waals surface area contributed by atoms with Gasteiger partial charge in [0.1, 0.15) is 0 Å².